The molecule has 0 amide bonds. The largest absolute Gasteiger partial charge is 0.313 e. The lowest BCUT2D eigenvalue weighted by molar-refractivity contribution is 0.258. The van der Waals surface area contributed by atoms with Crippen LogP contribution in [0.15, 0.2) is 11.1 Å². The first-order valence-corrected chi connectivity index (χ1v) is 3.82. The molecule has 1 aromatic heterocycles. The lowest BCUT2D eigenvalue weighted by Gasteiger charge is -2.22. The van der Waals surface area contributed by atoms with Gasteiger partial charge in [-0.3, -0.25) is 10.6 Å². The first kappa shape index (κ1) is 7.45. The third-order valence-corrected chi connectivity index (χ3v) is 2.04. The number of rotatable bonds is 0. The fraction of sp³-hybridized carbons (Fsp3) is 0.429. The van der Waals surface area contributed by atoms with Gasteiger partial charge in [0.15, 0.2) is 0 Å². The summed E-state index contributed by atoms with van der Waals surface area (Å²) < 4.78 is 0. The molecule has 1 aliphatic heterocycles. The SMILES string of the molecule is NN1CCc2nc[nH]c(=O)c2C1. The maximum absolute atomic E-state index is 11.2. The van der Waals surface area contributed by atoms with Gasteiger partial charge in [-0.2, -0.15) is 0 Å². The highest BCUT2D eigenvalue weighted by molar-refractivity contribution is 5.18. The van der Waals surface area contributed by atoms with E-state index in [1.54, 1.807) is 5.01 Å². The zero-order chi connectivity index (χ0) is 8.55. The molecule has 0 aliphatic carbocycles. The number of H-pyrrole nitrogens is 1. The van der Waals surface area contributed by atoms with Crippen LogP contribution in [0.4, 0.5) is 0 Å². The molecule has 5 nitrogen and oxygen atoms in total. The van der Waals surface area contributed by atoms with Crippen molar-refractivity contribution in [2.24, 2.45) is 5.84 Å². The Morgan fingerprint density at radius 2 is 2.50 bits per heavy atom. The first-order valence-electron chi connectivity index (χ1n) is 3.82. The van der Waals surface area contributed by atoms with E-state index in [9.17, 15) is 4.79 Å². The van der Waals surface area contributed by atoms with Gasteiger partial charge in [-0.15, -0.1) is 0 Å². The van der Waals surface area contributed by atoms with Crippen molar-refractivity contribution < 1.29 is 0 Å². The van der Waals surface area contributed by atoms with E-state index in [0.717, 1.165) is 18.7 Å². The molecule has 1 aromatic rings. The van der Waals surface area contributed by atoms with Crippen molar-refractivity contribution in [2.75, 3.05) is 6.54 Å². The Bertz CT molecular complexity index is 346. The molecule has 0 saturated carbocycles. The van der Waals surface area contributed by atoms with Crippen molar-refractivity contribution in [3.63, 3.8) is 0 Å². The zero-order valence-electron chi connectivity index (χ0n) is 6.58. The van der Waals surface area contributed by atoms with Crippen LogP contribution in [0.1, 0.15) is 11.3 Å². The van der Waals surface area contributed by atoms with E-state index in [2.05, 4.69) is 9.97 Å². The fourth-order valence-corrected chi connectivity index (χ4v) is 1.38. The molecule has 0 bridgehead atoms. The summed E-state index contributed by atoms with van der Waals surface area (Å²) in [6.07, 6.45) is 2.20. The lowest BCUT2D eigenvalue weighted by atomic mass is 10.1. The molecule has 2 rings (SSSR count). The number of nitrogens with two attached hydrogens (primary N) is 1. The maximum Gasteiger partial charge on any atom is 0.255 e. The number of hydrazine groups is 1. The quantitative estimate of drug-likeness (QED) is 0.485. The summed E-state index contributed by atoms with van der Waals surface area (Å²) in [5.41, 5.74) is 1.50. The lowest BCUT2D eigenvalue weighted by Crippen LogP contribution is -2.39. The highest BCUT2D eigenvalue weighted by Crippen LogP contribution is 2.08. The molecule has 12 heavy (non-hydrogen) atoms. The second kappa shape index (κ2) is 2.69. The molecule has 1 aliphatic rings. The average molecular weight is 166 g/mol. The Morgan fingerprint density at radius 3 is 3.33 bits per heavy atom. The predicted molar refractivity (Wildman–Crippen MR) is 43.2 cm³/mol. The summed E-state index contributed by atoms with van der Waals surface area (Å²) in [7, 11) is 0. The van der Waals surface area contributed by atoms with Crippen molar-refractivity contribution in [2.45, 2.75) is 13.0 Å². The van der Waals surface area contributed by atoms with Gasteiger partial charge in [0.2, 0.25) is 0 Å². The van der Waals surface area contributed by atoms with Crippen LogP contribution >= 0.6 is 0 Å². The second-order valence-electron chi connectivity index (χ2n) is 2.88. The molecule has 0 spiro atoms. The third kappa shape index (κ3) is 1.13. The van der Waals surface area contributed by atoms with Crippen LogP contribution in [-0.2, 0) is 13.0 Å². The van der Waals surface area contributed by atoms with Crippen LogP contribution in [0.25, 0.3) is 0 Å². The van der Waals surface area contributed by atoms with E-state index in [1.165, 1.54) is 6.33 Å². The number of fused-ring (bicyclic) bond motifs is 1. The molecule has 64 valence electrons. The van der Waals surface area contributed by atoms with Crippen LogP contribution in [-0.4, -0.2) is 21.5 Å². The number of hydrogen-bond donors (Lipinski definition) is 2. The Balaban J connectivity index is 2.50. The minimum Gasteiger partial charge on any atom is -0.313 e. The van der Waals surface area contributed by atoms with Crippen molar-refractivity contribution in [3.05, 3.63) is 27.9 Å². The molecular weight excluding hydrogens is 156 g/mol. The molecule has 0 fully saturated rings. The molecular formula is C7H10N4O. The summed E-state index contributed by atoms with van der Waals surface area (Å²) >= 11 is 0. The van der Waals surface area contributed by atoms with Gasteiger partial charge < -0.3 is 4.98 Å². The normalized spacial score (nSPS) is 17.4. The number of nitrogens with zero attached hydrogens (tertiary/aromatic N) is 2. The third-order valence-electron chi connectivity index (χ3n) is 2.04. The molecule has 5 heteroatoms. The Morgan fingerprint density at radius 1 is 1.67 bits per heavy atom. The van der Waals surface area contributed by atoms with Gasteiger partial charge in [0, 0.05) is 19.5 Å². The van der Waals surface area contributed by atoms with Gasteiger partial charge in [-0.25, -0.2) is 9.99 Å². The van der Waals surface area contributed by atoms with Crippen molar-refractivity contribution in [1.82, 2.24) is 15.0 Å². The topological polar surface area (TPSA) is 75.0 Å². The van der Waals surface area contributed by atoms with Gasteiger partial charge in [0.25, 0.3) is 5.56 Å². The molecule has 0 aromatic carbocycles. The molecule has 0 saturated heterocycles. The minimum absolute atomic E-state index is 0.0739. The van der Waals surface area contributed by atoms with Gasteiger partial charge in [0.1, 0.15) is 0 Å². The standard InChI is InChI=1S/C7H10N4O/c8-11-2-1-6-5(3-11)7(12)10-4-9-6/h4H,1-3,8H2,(H,9,10,12). The Labute approximate surface area is 69.2 Å². The summed E-state index contributed by atoms with van der Waals surface area (Å²) in [5.74, 6) is 5.57. The van der Waals surface area contributed by atoms with Crippen molar-refractivity contribution in [1.29, 1.82) is 0 Å². The first-order chi connectivity index (χ1) is 5.77. The molecule has 2 heterocycles. The number of nitrogens with one attached hydrogen (secondary N) is 1. The van der Waals surface area contributed by atoms with Crippen LogP contribution < -0.4 is 11.4 Å². The van der Waals surface area contributed by atoms with E-state index in [0.29, 0.717) is 12.1 Å². The highest BCUT2D eigenvalue weighted by Gasteiger charge is 2.16. The Hall–Kier alpha value is -1.20. The zero-order valence-corrected chi connectivity index (χ0v) is 6.58. The number of hydrogen-bond acceptors (Lipinski definition) is 4. The smallest absolute Gasteiger partial charge is 0.255 e. The van der Waals surface area contributed by atoms with Crippen LogP contribution in [0, 0.1) is 0 Å². The molecule has 0 unspecified atom stereocenters. The van der Waals surface area contributed by atoms with Gasteiger partial charge >= 0.3 is 0 Å². The van der Waals surface area contributed by atoms with Crippen LogP contribution in [0.3, 0.4) is 0 Å². The Kier molecular flexibility index (Phi) is 1.67. The van der Waals surface area contributed by atoms with Gasteiger partial charge in [-0.1, -0.05) is 0 Å². The van der Waals surface area contributed by atoms with Gasteiger partial charge in [-0.05, 0) is 0 Å². The highest BCUT2D eigenvalue weighted by atomic mass is 16.1. The number of aromatic amines is 1. The van der Waals surface area contributed by atoms with Crippen LogP contribution in [0.5, 0.6) is 0 Å². The van der Waals surface area contributed by atoms with Crippen molar-refractivity contribution in [3.8, 4) is 0 Å². The average Bonchev–Trinajstić information content (AvgIpc) is 2.07. The predicted octanol–water partition coefficient (Wildman–Crippen LogP) is -0.998. The fourth-order valence-electron chi connectivity index (χ4n) is 1.38. The molecule has 3 N–H and O–H groups in total. The van der Waals surface area contributed by atoms with E-state index in [4.69, 9.17) is 5.84 Å². The summed E-state index contributed by atoms with van der Waals surface area (Å²) in [5, 5.41) is 1.62. The summed E-state index contributed by atoms with van der Waals surface area (Å²) in [4.78, 5) is 17.8. The monoisotopic (exact) mass is 166 g/mol. The molecule has 0 radical (unpaired) electrons. The van der Waals surface area contributed by atoms with E-state index < -0.39 is 0 Å². The summed E-state index contributed by atoms with van der Waals surface area (Å²) in [6.45, 7) is 1.27. The minimum atomic E-state index is -0.0739. The maximum atomic E-state index is 11.2. The summed E-state index contributed by atoms with van der Waals surface area (Å²) in [6, 6.07) is 0. The second-order valence-corrected chi connectivity index (χ2v) is 2.88. The van der Waals surface area contributed by atoms with E-state index >= 15 is 0 Å². The van der Waals surface area contributed by atoms with Gasteiger partial charge in [0.05, 0.1) is 17.6 Å². The van der Waals surface area contributed by atoms with E-state index in [-0.39, 0.29) is 5.56 Å². The van der Waals surface area contributed by atoms with E-state index in [1.807, 2.05) is 0 Å². The van der Waals surface area contributed by atoms with Crippen LogP contribution in [0.2, 0.25) is 0 Å². The molecule has 0 atom stereocenters. The van der Waals surface area contributed by atoms with Crippen molar-refractivity contribution >= 4 is 0 Å². The number of aromatic nitrogens is 2.